The highest BCUT2D eigenvalue weighted by Gasteiger charge is 2.09. The Morgan fingerprint density at radius 2 is 2.38 bits per heavy atom. The fourth-order valence-corrected chi connectivity index (χ4v) is 0.780. The number of hydrogen-bond donors (Lipinski definition) is 2. The van der Waals surface area contributed by atoms with E-state index in [2.05, 4.69) is 5.32 Å². The van der Waals surface area contributed by atoms with Gasteiger partial charge in [0.25, 0.3) is 0 Å². The van der Waals surface area contributed by atoms with Crippen molar-refractivity contribution in [1.82, 2.24) is 10.2 Å². The van der Waals surface area contributed by atoms with Gasteiger partial charge in [-0.2, -0.15) is 0 Å². The van der Waals surface area contributed by atoms with Gasteiger partial charge in [0, 0.05) is 7.05 Å². The van der Waals surface area contributed by atoms with Crippen LogP contribution in [0.25, 0.3) is 0 Å². The third-order valence-corrected chi connectivity index (χ3v) is 1.72. The molecule has 0 rings (SSSR count). The van der Waals surface area contributed by atoms with E-state index < -0.39 is 4.92 Å². The Morgan fingerprint density at radius 3 is 2.69 bits per heavy atom. The van der Waals surface area contributed by atoms with Crippen LogP contribution >= 0.6 is 0 Å². The maximum absolute atomic E-state index is 10.4. The first-order valence-electron chi connectivity index (χ1n) is 4.04. The summed E-state index contributed by atoms with van der Waals surface area (Å²) in [5.74, 6) is -0.0635. The van der Waals surface area contributed by atoms with E-state index >= 15 is 0 Å². The van der Waals surface area contributed by atoms with Crippen LogP contribution in [-0.2, 0) is 0 Å². The number of nitro groups is 1. The Balaban J connectivity index is 4.41. The molecule has 1 unspecified atom stereocenters. The van der Waals surface area contributed by atoms with Crippen LogP contribution in [0, 0.1) is 10.1 Å². The molecule has 1 atom stereocenters. The fourth-order valence-electron chi connectivity index (χ4n) is 0.780. The van der Waals surface area contributed by atoms with Crippen molar-refractivity contribution in [3.63, 3.8) is 0 Å². The molecule has 0 heterocycles. The minimum atomic E-state index is -0.487. The molecule has 0 radical (unpaired) electrons. The van der Waals surface area contributed by atoms with Gasteiger partial charge in [0.2, 0.25) is 0 Å². The van der Waals surface area contributed by atoms with E-state index in [4.69, 9.17) is 5.73 Å². The van der Waals surface area contributed by atoms with Gasteiger partial charge >= 0.3 is 5.82 Å². The summed E-state index contributed by atoms with van der Waals surface area (Å²) < 4.78 is 0. The molecule has 3 N–H and O–H groups in total. The lowest BCUT2D eigenvalue weighted by Crippen LogP contribution is -2.36. The van der Waals surface area contributed by atoms with E-state index in [9.17, 15) is 10.1 Å². The zero-order chi connectivity index (χ0) is 10.4. The molecule has 0 aromatic carbocycles. The van der Waals surface area contributed by atoms with E-state index in [0.29, 0.717) is 0 Å². The topological polar surface area (TPSA) is 84.4 Å². The zero-order valence-electron chi connectivity index (χ0n) is 8.15. The molecular weight excluding hydrogens is 172 g/mol. The fraction of sp³-hybridized carbons (Fsp3) is 0.714. The Morgan fingerprint density at radius 1 is 1.85 bits per heavy atom. The molecule has 0 aromatic heterocycles. The summed E-state index contributed by atoms with van der Waals surface area (Å²) in [5.41, 5.74) is 5.65. The van der Waals surface area contributed by atoms with Crippen molar-refractivity contribution in [2.75, 3.05) is 14.1 Å². The van der Waals surface area contributed by atoms with Crippen molar-refractivity contribution in [3.05, 3.63) is 22.1 Å². The molecule has 0 amide bonds. The van der Waals surface area contributed by atoms with Crippen LogP contribution in [0.5, 0.6) is 0 Å². The minimum absolute atomic E-state index is 0.0635. The molecule has 6 heteroatoms. The molecule has 13 heavy (non-hydrogen) atoms. The van der Waals surface area contributed by atoms with Gasteiger partial charge < -0.3 is 20.7 Å². The van der Waals surface area contributed by atoms with Gasteiger partial charge in [-0.15, -0.1) is 0 Å². The number of nitrogens with zero attached hydrogens (tertiary/aromatic N) is 2. The molecule has 0 saturated carbocycles. The van der Waals surface area contributed by atoms with E-state index in [1.165, 1.54) is 13.2 Å². The van der Waals surface area contributed by atoms with Gasteiger partial charge in [0.15, 0.2) is 0 Å². The van der Waals surface area contributed by atoms with Crippen molar-refractivity contribution < 1.29 is 4.92 Å². The lowest BCUT2D eigenvalue weighted by Gasteiger charge is -2.20. The molecule has 6 nitrogen and oxygen atoms in total. The Labute approximate surface area is 77.5 Å². The molecule has 0 fully saturated rings. The van der Waals surface area contributed by atoms with E-state index in [-0.39, 0.29) is 12.0 Å². The monoisotopic (exact) mass is 188 g/mol. The lowest BCUT2D eigenvalue weighted by molar-refractivity contribution is -0.432. The minimum Gasteiger partial charge on any atom is -0.358 e. The molecule has 0 saturated heterocycles. The number of hydrogen-bond acceptors (Lipinski definition) is 5. The van der Waals surface area contributed by atoms with Crippen molar-refractivity contribution in [3.8, 4) is 0 Å². The summed E-state index contributed by atoms with van der Waals surface area (Å²) in [6, 6.07) is 0. The molecule has 0 spiro atoms. The van der Waals surface area contributed by atoms with Gasteiger partial charge in [-0.25, -0.2) is 0 Å². The number of nitrogens with one attached hydrogen (secondary N) is 1. The second-order valence-corrected chi connectivity index (χ2v) is 2.66. The van der Waals surface area contributed by atoms with Crippen molar-refractivity contribution in [2.24, 2.45) is 5.73 Å². The van der Waals surface area contributed by atoms with Crippen LogP contribution in [0.2, 0.25) is 0 Å². The first-order chi connectivity index (χ1) is 6.02. The van der Waals surface area contributed by atoms with Crippen molar-refractivity contribution in [1.29, 1.82) is 0 Å². The van der Waals surface area contributed by atoms with Crippen molar-refractivity contribution in [2.45, 2.75) is 19.5 Å². The van der Waals surface area contributed by atoms with Gasteiger partial charge in [0.05, 0.1) is 19.4 Å². The molecular formula is C7H16N4O2. The zero-order valence-corrected chi connectivity index (χ0v) is 8.15. The molecule has 0 aliphatic rings. The van der Waals surface area contributed by atoms with Gasteiger partial charge in [-0.3, -0.25) is 5.32 Å². The van der Waals surface area contributed by atoms with E-state index in [1.807, 2.05) is 6.92 Å². The maximum atomic E-state index is 10.4. The number of rotatable bonds is 5. The van der Waals surface area contributed by atoms with Crippen LogP contribution < -0.4 is 11.1 Å². The highest BCUT2D eigenvalue weighted by molar-refractivity contribution is 4.88. The second-order valence-electron chi connectivity index (χ2n) is 2.66. The highest BCUT2D eigenvalue weighted by Crippen LogP contribution is 1.98. The normalized spacial score (nSPS) is 13.7. The van der Waals surface area contributed by atoms with Gasteiger partial charge in [-0.05, 0) is 11.3 Å². The molecule has 0 aromatic rings. The predicted octanol–water partition coefficient (Wildman–Crippen LogP) is -0.0920. The largest absolute Gasteiger partial charge is 0.358 e. The molecule has 76 valence electrons. The maximum Gasteiger partial charge on any atom is 0.331 e. The highest BCUT2D eigenvalue weighted by atomic mass is 16.6. The Kier molecular flexibility index (Phi) is 4.83. The van der Waals surface area contributed by atoms with Gasteiger partial charge in [-0.1, -0.05) is 6.92 Å². The smallest absolute Gasteiger partial charge is 0.331 e. The van der Waals surface area contributed by atoms with Crippen LogP contribution in [0.3, 0.4) is 0 Å². The quantitative estimate of drug-likeness (QED) is 0.358. The summed E-state index contributed by atoms with van der Waals surface area (Å²) in [6.45, 7) is 1.92. The first-order valence-corrected chi connectivity index (χ1v) is 4.04. The second kappa shape index (κ2) is 5.36. The summed E-state index contributed by atoms with van der Waals surface area (Å²) in [7, 11) is 3.20. The van der Waals surface area contributed by atoms with E-state index in [0.717, 1.165) is 6.42 Å². The Hall–Kier alpha value is -1.30. The lowest BCUT2D eigenvalue weighted by atomic mass is 10.3. The average molecular weight is 188 g/mol. The van der Waals surface area contributed by atoms with Crippen LogP contribution in [-0.4, -0.2) is 30.1 Å². The first kappa shape index (κ1) is 11.7. The summed E-state index contributed by atoms with van der Waals surface area (Å²) in [6.07, 6.45) is 1.93. The van der Waals surface area contributed by atoms with Crippen molar-refractivity contribution >= 4 is 0 Å². The third kappa shape index (κ3) is 3.75. The van der Waals surface area contributed by atoms with Crippen LogP contribution in [0.1, 0.15) is 13.3 Å². The summed E-state index contributed by atoms with van der Waals surface area (Å²) >= 11 is 0. The summed E-state index contributed by atoms with van der Waals surface area (Å²) in [5, 5.41) is 12.9. The van der Waals surface area contributed by atoms with Crippen LogP contribution in [0.15, 0.2) is 12.0 Å². The molecule has 0 aliphatic heterocycles. The Bertz CT molecular complexity index is 205. The molecule has 0 bridgehead atoms. The standard InChI is InChI=1S/C7H16N4O2/c1-4-6(8)10(3)5-7(9-2)11(12)13/h5-6,9H,4,8H2,1-3H3/b7-5+. The van der Waals surface area contributed by atoms with Crippen LogP contribution in [0.4, 0.5) is 0 Å². The average Bonchev–Trinajstić information content (AvgIpc) is 2.11. The third-order valence-electron chi connectivity index (χ3n) is 1.72. The summed E-state index contributed by atoms with van der Waals surface area (Å²) in [4.78, 5) is 11.5. The van der Waals surface area contributed by atoms with E-state index in [1.54, 1.807) is 11.9 Å². The number of nitrogens with two attached hydrogens (primary N) is 1. The SMILES string of the molecule is CCC(N)N(C)/C=C(\NC)[N+](=O)[O-]. The molecule has 0 aliphatic carbocycles. The predicted molar refractivity (Wildman–Crippen MR) is 50.2 cm³/mol. The van der Waals surface area contributed by atoms with Gasteiger partial charge in [0.1, 0.15) is 0 Å².